The molecular formula is C41H56N4O5S2. The lowest BCUT2D eigenvalue weighted by atomic mass is 9.86. The van der Waals surface area contributed by atoms with Crippen LogP contribution in [0.3, 0.4) is 0 Å². The second-order valence-electron chi connectivity index (χ2n) is 15.5. The van der Waals surface area contributed by atoms with E-state index in [-0.39, 0.29) is 52.3 Å². The van der Waals surface area contributed by atoms with Crippen LogP contribution in [0.2, 0.25) is 0 Å². The minimum atomic E-state index is -0.578. The number of nitrogens with one attached hydrogen (secondary N) is 2. The molecule has 11 heteroatoms. The van der Waals surface area contributed by atoms with Crippen molar-refractivity contribution >= 4 is 47.2 Å². The molecule has 4 saturated heterocycles. The zero-order valence-electron chi connectivity index (χ0n) is 31.0. The summed E-state index contributed by atoms with van der Waals surface area (Å²) in [7, 11) is 1.40. The maximum absolute atomic E-state index is 14.3. The number of methoxy groups -OCH3 is 1. The zero-order chi connectivity index (χ0) is 36.7. The molecule has 0 saturated carbocycles. The molecule has 7 atom stereocenters. The van der Waals surface area contributed by atoms with Crippen molar-refractivity contribution in [2.45, 2.75) is 118 Å². The number of nitrogens with zero attached hydrogens (tertiary/aromatic N) is 2. The molecular weight excluding hydrogens is 693 g/mol. The van der Waals surface area contributed by atoms with E-state index in [0.29, 0.717) is 32.2 Å². The van der Waals surface area contributed by atoms with E-state index in [2.05, 4.69) is 60.9 Å². The number of hydrogen-bond donors (Lipinski definition) is 2. The first-order valence-corrected chi connectivity index (χ1v) is 21.2. The minimum Gasteiger partial charge on any atom is -0.467 e. The number of amides is 3. The van der Waals surface area contributed by atoms with Gasteiger partial charge in [-0.25, -0.2) is 4.79 Å². The molecule has 9 nitrogen and oxygen atoms in total. The Morgan fingerprint density at radius 2 is 1.56 bits per heavy atom. The summed E-state index contributed by atoms with van der Waals surface area (Å²) in [4.78, 5) is 58.7. The van der Waals surface area contributed by atoms with Crippen LogP contribution in [0.4, 0.5) is 0 Å². The highest BCUT2D eigenvalue weighted by Gasteiger charge is 2.49. The summed E-state index contributed by atoms with van der Waals surface area (Å²) in [6.45, 7) is 5.54. The summed E-state index contributed by atoms with van der Waals surface area (Å²) in [5.74, 6) is 0.299. The van der Waals surface area contributed by atoms with E-state index in [4.69, 9.17) is 4.74 Å². The number of thioether (sulfide) groups is 2. The Morgan fingerprint density at radius 3 is 2.27 bits per heavy atom. The van der Waals surface area contributed by atoms with Gasteiger partial charge in [-0.15, -0.1) is 23.5 Å². The molecule has 52 heavy (non-hydrogen) atoms. The first kappa shape index (κ1) is 38.7. The molecule has 0 aromatic heterocycles. The van der Waals surface area contributed by atoms with Crippen LogP contribution in [0, 0.1) is 11.8 Å². The number of ether oxygens (including phenoxy) is 1. The van der Waals surface area contributed by atoms with Gasteiger partial charge in [0.05, 0.1) is 23.9 Å². The number of carbonyl (C=O) groups excluding carboxylic acids is 4. The van der Waals surface area contributed by atoms with Gasteiger partial charge in [-0.05, 0) is 114 Å². The molecule has 4 heterocycles. The minimum absolute atomic E-state index is 0.00487. The lowest BCUT2D eigenvalue weighted by Gasteiger charge is -2.49. The first-order chi connectivity index (χ1) is 25.1. The van der Waals surface area contributed by atoms with Crippen LogP contribution in [-0.4, -0.2) is 93.1 Å². The Bertz CT molecular complexity index is 1530. The number of fused-ring (bicyclic) bond motifs is 2. The maximum atomic E-state index is 14.3. The predicted octanol–water partition coefficient (Wildman–Crippen LogP) is 5.81. The molecule has 2 aromatic carbocycles. The highest BCUT2D eigenvalue weighted by atomic mass is 32.2. The van der Waals surface area contributed by atoms with Crippen molar-refractivity contribution in [2.24, 2.45) is 11.8 Å². The largest absolute Gasteiger partial charge is 0.467 e. The van der Waals surface area contributed by atoms with Gasteiger partial charge < -0.3 is 25.2 Å². The summed E-state index contributed by atoms with van der Waals surface area (Å²) < 4.78 is 4.70. The molecule has 4 aliphatic rings. The van der Waals surface area contributed by atoms with Gasteiger partial charge in [-0.2, -0.15) is 0 Å². The van der Waals surface area contributed by atoms with Gasteiger partial charge in [0.2, 0.25) is 17.7 Å². The van der Waals surface area contributed by atoms with Crippen LogP contribution in [0.5, 0.6) is 0 Å². The van der Waals surface area contributed by atoms with E-state index >= 15 is 0 Å². The number of benzene rings is 2. The molecule has 6 rings (SSSR count). The van der Waals surface area contributed by atoms with Crippen LogP contribution in [0.25, 0.3) is 0 Å². The maximum Gasteiger partial charge on any atom is 0.328 e. The molecule has 0 unspecified atom stereocenters. The van der Waals surface area contributed by atoms with E-state index in [1.165, 1.54) is 12.7 Å². The van der Waals surface area contributed by atoms with Gasteiger partial charge in [-0.3, -0.25) is 14.4 Å². The fourth-order valence-corrected chi connectivity index (χ4v) is 11.5. The Morgan fingerprint density at radius 1 is 0.865 bits per heavy atom. The van der Waals surface area contributed by atoms with Crippen molar-refractivity contribution in [1.29, 1.82) is 0 Å². The molecule has 4 aliphatic heterocycles. The van der Waals surface area contributed by atoms with Crippen molar-refractivity contribution in [3.8, 4) is 0 Å². The molecule has 0 bridgehead atoms. The van der Waals surface area contributed by atoms with E-state index < -0.39 is 16.8 Å². The Hall–Kier alpha value is -3.02. The summed E-state index contributed by atoms with van der Waals surface area (Å²) >= 11 is 3.58. The van der Waals surface area contributed by atoms with E-state index in [1.807, 2.05) is 40.9 Å². The van der Waals surface area contributed by atoms with Gasteiger partial charge >= 0.3 is 5.97 Å². The highest BCUT2D eigenvalue weighted by Crippen LogP contribution is 2.43. The summed E-state index contributed by atoms with van der Waals surface area (Å²) in [5, 5.41) is 7.09. The average molecular weight is 749 g/mol. The van der Waals surface area contributed by atoms with Crippen LogP contribution in [-0.2, 0) is 36.8 Å². The van der Waals surface area contributed by atoms with Gasteiger partial charge in [-0.1, -0.05) is 60.7 Å². The third-order valence-electron chi connectivity index (χ3n) is 11.4. The fourth-order valence-electron chi connectivity index (χ4n) is 8.45. The van der Waals surface area contributed by atoms with Crippen molar-refractivity contribution in [3.05, 3.63) is 71.8 Å². The van der Waals surface area contributed by atoms with Gasteiger partial charge in [0.15, 0.2) is 0 Å². The monoisotopic (exact) mass is 748 g/mol. The third kappa shape index (κ3) is 9.37. The Kier molecular flexibility index (Phi) is 13.3. The molecule has 3 amide bonds. The predicted molar refractivity (Wildman–Crippen MR) is 209 cm³/mol. The highest BCUT2D eigenvalue weighted by molar-refractivity contribution is 8.01. The fraction of sp³-hybridized carbons (Fsp3) is 0.610. The lowest BCUT2D eigenvalue weighted by Crippen LogP contribution is -2.64. The van der Waals surface area contributed by atoms with Gasteiger partial charge in [0.25, 0.3) is 0 Å². The lowest BCUT2D eigenvalue weighted by molar-refractivity contribution is -0.156. The summed E-state index contributed by atoms with van der Waals surface area (Å²) in [6, 6.07) is 19.0. The average Bonchev–Trinajstić information content (AvgIpc) is 3.31. The molecule has 0 radical (unpaired) electrons. The second kappa shape index (κ2) is 17.9. The molecule has 2 N–H and O–H groups in total. The van der Waals surface area contributed by atoms with Crippen molar-refractivity contribution in [2.75, 3.05) is 26.0 Å². The van der Waals surface area contributed by atoms with E-state index in [9.17, 15) is 19.2 Å². The number of hydrogen-bond acceptors (Lipinski definition) is 8. The van der Waals surface area contributed by atoms with E-state index in [1.54, 1.807) is 16.7 Å². The SMILES string of the molecule is COC(=O)[C@@H]1CCC[C@@H]2SCC[C@H](NC[C@H](CC[C@H](Cc3ccccc3)C(=O)N[C@@H]3C(=O)N4CCCC[C@@H]4SC3(C)C)Cc3ccccc3)C(=O)N21. The van der Waals surface area contributed by atoms with Crippen LogP contribution in [0.1, 0.15) is 82.8 Å². The Balaban J connectivity index is 1.17. The van der Waals surface area contributed by atoms with Gasteiger partial charge in [0.1, 0.15) is 12.1 Å². The third-order valence-corrected chi connectivity index (χ3v) is 14.3. The van der Waals surface area contributed by atoms with Crippen molar-refractivity contribution < 1.29 is 23.9 Å². The number of carbonyl (C=O) groups is 4. The quantitative estimate of drug-likeness (QED) is 0.248. The topological polar surface area (TPSA) is 108 Å². The van der Waals surface area contributed by atoms with Crippen molar-refractivity contribution in [3.63, 3.8) is 0 Å². The van der Waals surface area contributed by atoms with Crippen LogP contribution < -0.4 is 10.6 Å². The molecule has 0 spiro atoms. The standard InChI is InChI=1S/C41H56N4O5S2/c1-41(2)36(39(48)44-23-11-10-18-34(44)52-41)43-37(46)31(26-29-15-8-5-9-16-29)21-20-30(25-28-13-6-4-7-14-28)27-42-32-22-24-51-35-19-12-17-33(40(49)50-3)45(35)38(32)47/h4-9,13-16,30-36,42H,10-12,17-27H2,1-3H3,(H,43,46)/t30-,31-,32+,33+,34+,35+,36-/m1/s1. The van der Waals surface area contributed by atoms with Crippen LogP contribution >= 0.6 is 23.5 Å². The molecule has 282 valence electrons. The number of piperidine rings is 2. The molecule has 4 fully saturated rings. The smallest absolute Gasteiger partial charge is 0.328 e. The molecule has 0 aliphatic carbocycles. The van der Waals surface area contributed by atoms with Crippen molar-refractivity contribution in [1.82, 2.24) is 20.4 Å². The summed E-state index contributed by atoms with van der Waals surface area (Å²) in [5.41, 5.74) is 2.31. The Labute approximate surface area is 318 Å². The van der Waals surface area contributed by atoms with E-state index in [0.717, 1.165) is 62.8 Å². The number of esters is 1. The first-order valence-electron chi connectivity index (χ1n) is 19.3. The summed E-state index contributed by atoms with van der Waals surface area (Å²) in [6.07, 6.45) is 9.07. The van der Waals surface area contributed by atoms with Gasteiger partial charge in [0, 0.05) is 17.2 Å². The van der Waals surface area contributed by atoms with Crippen LogP contribution in [0.15, 0.2) is 60.7 Å². The second-order valence-corrected chi connectivity index (χ2v) is 18.6. The zero-order valence-corrected chi connectivity index (χ0v) is 32.6. The molecule has 2 aromatic rings. The normalized spacial score (nSPS) is 27.1. The number of rotatable bonds is 13.